The van der Waals surface area contributed by atoms with Crippen LogP contribution in [0.15, 0.2) is 30.9 Å². The van der Waals surface area contributed by atoms with E-state index in [0.717, 1.165) is 16.7 Å². The molecule has 2 N–H and O–H groups in total. The van der Waals surface area contributed by atoms with Crippen molar-refractivity contribution in [2.24, 2.45) is 0 Å². The van der Waals surface area contributed by atoms with Crippen molar-refractivity contribution in [2.75, 3.05) is 6.61 Å². The monoisotopic (exact) mass is 277 g/mol. The molecule has 108 valence electrons. The molecule has 0 aromatic heterocycles. The van der Waals surface area contributed by atoms with E-state index in [9.17, 15) is 9.59 Å². The lowest BCUT2D eigenvalue weighted by Crippen LogP contribution is -2.30. The number of benzene rings is 1. The van der Waals surface area contributed by atoms with Gasteiger partial charge in [0.1, 0.15) is 6.61 Å². The first-order valence-corrected chi connectivity index (χ1v) is 6.26. The molecule has 0 bridgehead atoms. The summed E-state index contributed by atoms with van der Waals surface area (Å²) in [5.41, 5.74) is 2.77. The highest BCUT2D eigenvalue weighted by Gasteiger charge is 2.19. The molecular formula is C15H19NO4. The van der Waals surface area contributed by atoms with Crippen LogP contribution < -0.4 is 5.32 Å². The second kappa shape index (κ2) is 7.33. The number of amides is 1. The molecule has 0 saturated heterocycles. The molecule has 0 heterocycles. The Bertz CT molecular complexity index is 490. The van der Waals surface area contributed by atoms with Crippen molar-refractivity contribution in [2.45, 2.75) is 26.3 Å². The minimum absolute atomic E-state index is 0.0818. The second-order valence-electron chi connectivity index (χ2n) is 4.60. The Morgan fingerprint density at radius 2 is 1.95 bits per heavy atom. The quantitative estimate of drug-likeness (QED) is 0.784. The molecule has 0 radical (unpaired) electrons. The van der Waals surface area contributed by atoms with Crippen molar-refractivity contribution in [3.05, 3.63) is 47.5 Å². The predicted molar refractivity (Wildman–Crippen MR) is 75.6 cm³/mol. The van der Waals surface area contributed by atoms with Gasteiger partial charge in [-0.15, -0.1) is 0 Å². The van der Waals surface area contributed by atoms with Crippen LogP contribution in [0.25, 0.3) is 0 Å². The maximum atomic E-state index is 11.6. The molecule has 0 aliphatic rings. The molecule has 5 heteroatoms. The summed E-state index contributed by atoms with van der Waals surface area (Å²) in [5, 5.41) is 11.5. The number of carbonyl (C=O) groups is 2. The van der Waals surface area contributed by atoms with Gasteiger partial charge < -0.3 is 15.2 Å². The summed E-state index contributed by atoms with van der Waals surface area (Å²) in [6, 6.07) is 5.07. The smallest absolute Gasteiger partial charge is 0.407 e. The Kier molecular flexibility index (Phi) is 5.77. The van der Waals surface area contributed by atoms with E-state index in [1.54, 1.807) is 0 Å². The SMILES string of the molecule is C=CCOC(=O)N[C@@H](CC(=O)O)c1cc(C)cc(C)c1. The summed E-state index contributed by atoms with van der Waals surface area (Å²) in [6.45, 7) is 7.37. The number of hydrogen-bond acceptors (Lipinski definition) is 3. The number of nitrogens with one attached hydrogen (secondary N) is 1. The van der Waals surface area contributed by atoms with Crippen molar-refractivity contribution in [3.63, 3.8) is 0 Å². The molecule has 0 spiro atoms. The summed E-state index contributed by atoms with van der Waals surface area (Å²) in [4.78, 5) is 22.5. The van der Waals surface area contributed by atoms with Gasteiger partial charge in [-0.25, -0.2) is 4.79 Å². The summed E-state index contributed by atoms with van der Waals surface area (Å²) in [6.07, 6.45) is 0.588. The molecule has 0 fully saturated rings. The van der Waals surface area contributed by atoms with Crippen molar-refractivity contribution in [1.82, 2.24) is 5.32 Å². The number of alkyl carbamates (subject to hydrolysis) is 1. The fraction of sp³-hybridized carbons (Fsp3) is 0.333. The number of ether oxygens (including phenoxy) is 1. The Hall–Kier alpha value is -2.30. The van der Waals surface area contributed by atoms with Gasteiger partial charge >= 0.3 is 12.1 Å². The van der Waals surface area contributed by atoms with E-state index in [2.05, 4.69) is 11.9 Å². The molecule has 20 heavy (non-hydrogen) atoms. The van der Waals surface area contributed by atoms with Crippen LogP contribution >= 0.6 is 0 Å². The number of rotatable bonds is 6. The molecule has 1 aromatic carbocycles. The van der Waals surface area contributed by atoms with Crippen LogP contribution in [0.4, 0.5) is 4.79 Å². The first-order valence-electron chi connectivity index (χ1n) is 6.26. The molecular weight excluding hydrogens is 258 g/mol. The maximum absolute atomic E-state index is 11.6. The summed E-state index contributed by atoms with van der Waals surface area (Å²) in [7, 11) is 0. The average molecular weight is 277 g/mol. The number of aliphatic carboxylic acids is 1. The predicted octanol–water partition coefficient (Wildman–Crippen LogP) is 2.73. The van der Waals surface area contributed by atoms with Gasteiger partial charge in [-0.2, -0.15) is 0 Å². The normalized spacial score (nSPS) is 11.5. The van der Waals surface area contributed by atoms with Crippen LogP contribution in [0.3, 0.4) is 0 Å². The largest absolute Gasteiger partial charge is 0.481 e. The van der Waals surface area contributed by atoms with E-state index in [4.69, 9.17) is 9.84 Å². The molecule has 1 aromatic rings. The first kappa shape index (κ1) is 15.8. The second-order valence-corrected chi connectivity index (χ2v) is 4.60. The fourth-order valence-electron chi connectivity index (χ4n) is 1.96. The zero-order valence-electron chi connectivity index (χ0n) is 11.7. The third-order valence-electron chi connectivity index (χ3n) is 2.65. The number of carboxylic acid groups (broad SMARTS) is 1. The standard InChI is InChI=1S/C15H19NO4/c1-4-5-20-15(19)16-13(9-14(17)18)12-7-10(2)6-11(3)8-12/h4,6-8,13H,1,5,9H2,2-3H3,(H,16,19)(H,17,18)/t13-/m0/s1. The van der Waals surface area contributed by atoms with E-state index in [0.29, 0.717) is 0 Å². The minimum Gasteiger partial charge on any atom is -0.481 e. The summed E-state index contributed by atoms with van der Waals surface area (Å²) in [5.74, 6) is -0.988. The fourth-order valence-corrected chi connectivity index (χ4v) is 1.96. The number of carboxylic acids is 1. The van der Waals surface area contributed by atoms with E-state index in [1.165, 1.54) is 6.08 Å². The molecule has 1 atom stereocenters. The Labute approximate surface area is 118 Å². The molecule has 0 saturated carbocycles. The molecule has 1 rings (SSSR count). The number of aryl methyl sites for hydroxylation is 2. The van der Waals surface area contributed by atoms with Gasteiger partial charge in [0.15, 0.2) is 0 Å². The Morgan fingerprint density at radius 1 is 1.35 bits per heavy atom. The lowest BCUT2D eigenvalue weighted by Gasteiger charge is -2.18. The number of hydrogen-bond donors (Lipinski definition) is 2. The topological polar surface area (TPSA) is 75.6 Å². The lowest BCUT2D eigenvalue weighted by molar-refractivity contribution is -0.137. The van der Waals surface area contributed by atoms with Crippen LogP contribution in [0, 0.1) is 13.8 Å². The summed E-state index contributed by atoms with van der Waals surface area (Å²) >= 11 is 0. The van der Waals surface area contributed by atoms with Crippen LogP contribution in [0.5, 0.6) is 0 Å². The van der Waals surface area contributed by atoms with Gasteiger partial charge in [0.05, 0.1) is 12.5 Å². The highest BCUT2D eigenvalue weighted by atomic mass is 16.5. The highest BCUT2D eigenvalue weighted by Crippen LogP contribution is 2.20. The van der Waals surface area contributed by atoms with Gasteiger partial charge in [0, 0.05) is 0 Å². The van der Waals surface area contributed by atoms with Gasteiger partial charge in [-0.1, -0.05) is 42.0 Å². The molecule has 1 amide bonds. The van der Waals surface area contributed by atoms with E-state index in [1.807, 2.05) is 32.0 Å². The van der Waals surface area contributed by atoms with Crippen molar-refractivity contribution in [1.29, 1.82) is 0 Å². The van der Waals surface area contributed by atoms with Crippen LogP contribution in [-0.2, 0) is 9.53 Å². The molecule has 0 aliphatic heterocycles. The van der Waals surface area contributed by atoms with Gasteiger partial charge in [-0.3, -0.25) is 4.79 Å². The van der Waals surface area contributed by atoms with Crippen LogP contribution in [0.1, 0.15) is 29.2 Å². The van der Waals surface area contributed by atoms with Crippen molar-refractivity contribution >= 4 is 12.1 Å². The minimum atomic E-state index is -0.988. The van der Waals surface area contributed by atoms with E-state index >= 15 is 0 Å². The molecule has 0 unspecified atom stereocenters. The molecule has 0 aliphatic carbocycles. The third kappa shape index (κ3) is 5.14. The van der Waals surface area contributed by atoms with Crippen LogP contribution in [-0.4, -0.2) is 23.8 Å². The van der Waals surface area contributed by atoms with E-state index in [-0.39, 0.29) is 13.0 Å². The van der Waals surface area contributed by atoms with E-state index < -0.39 is 18.1 Å². The van der Waals surface area contributed by atoms with Crippen LogP contribution in [0.2, 0.25) is 0 Å². The summed E-state index contributed by atoms with van der Waals surface area (Å²) < 4.78 is 4.82. The number of carbonyl (C=O) groups excluding carboxylic acids is 1. The average Bonchev–Trinajstić information content (AvgIpc) is 2.33. The lowest BCUT2D eigenvalue weighted by atomic mass is 9.99. The zero-order valence-corrected chi connectivity index (χ0v) is 11.7. The van der Waals surface area contributed by atoms with Crippen molar-refractivity contribution in [3.8, 4) is 0 Å². The highest BCUT2D eigenvalue weighted by molar-refractivity contribution is 5.72. The zero-order chi connectivity index (χ0) is 15.1. The van der Waals surface area contributed by atoms with Gasteiger partial charge in [-0.05, 0) is 19.4 Å². The van der Waals surface area contributed by atoms with Crippen molar-refractivity contribution < 1.29 is 19.4 Å². The van der Waals surface area contributed by atoms with Gasteiger partial charge in [0.25, 0.3) is 0 Å². The Morgan fingerprint density at radius 3 is 2.45 bits per heavy atom. The Balaban J connectivity index is 2.90. The third-order valence-corrected chi connectivity index (χ3v) is 2.65. The van der Waals surface area contributed by atoms with Gasteiger partial charge in [0.2, 0.25) is 0 Å². The maximum Gasteiger partial charge on any atom is 0.407 e. The first-order chi connectivity index (χ1) is 9.42. The molecule has 5 nitrogen and oxygen atoms in total.